The summed E-state index contributed by atoms with van der Waals surface area (Å²) in [5.74, 6) is 1.47. The van der Waals surface area contributed by atoms with Crippen molar-refractivity contribution in [3.8, 4) is 0 Å². The van der Waals surface area contributed by atoms with Gasteiger partial charge in [0.15, 0.2) is 0 Å². The number of nitrogens with zero attached hydrogens (tertiary/aromatic N) is 2. The molecule has 0 bridgehead atoms. The van der Waals surface area contributed by atoms with Crippen molar-refractivity contribution in [3.05, 3.63) is 27.0 Å². The molecule has 1 heterocycles. The van der Waals surface area contributed by atoms with Gasteiger partial charge in [-0.25, -0.2) is 4.79 Å². The van der Waals surface area contributed by atoms with E-state index in [1.165, 1.54) is 23.4 Å². The van der Waals surface area contributed by atoms with Crippen LogP contribution in [0, 0.1) is 0 Å². The van der Waals surface area contributed by atoms with Gasteiger partial charge in [0, 0.05) is 26.0 Å². The maximum absolute atomic E-state index is 11.6. The fraction of sp³-hybridized carbons (Fsp3) is 0.500. The highest BCUT2D eigenvalue weighted by atomic mass is 32.2. The van der Waals surface area contributed by atoms with Crippen molar-refractivity contribution in [2.45, 2.75) is 4.90 Å². The summed E-state index contributed by atoms with van der Waals surface area (Å²) in [5, 5.41) is 0. The largest absolute Gasteiger partial charge is 0.330 e. The summed E-state index contributed by atoms with van der Waals surface area (Å²) in [7, 11) is 3.11. The Hall–Kier alpha value is -0.620. The quantitative estimate of drug-likeness (QED) is 0.594. The van der Waals surface area contributed by atoms with Gasteiger partial charge >= 0.3 is 5.69 Å². The first kappa shape index (κ1) is 11.5. The van der Waals surface area contributed by atoms with Crippen molar-refractivity contribution in [1.82, 2.24) is 9.13 Å². The minimum absolute atomic E-state index is 0.236. The Morgan fingerprint density at radius 2 is 2.07 bits per heavy atom. The average Bonchev–Trinajstić information content (AvgIpc) is 2.18. The number of hydrogen-bond acceptors (Lipinski definition) is 4. The Labute approximate surface area is 91.4 Å². The molecule has 78 valence electrons. The number of aromatic nitrogens is 2. The standard InChI is InChI=1S/C8H12N2O2S2/c1-9-5-6(14-4-3-13)7(11)10(2)8(9)12/h5,13H,3-4H2,1-2H3. The summed E-state index contributed by atoms with van der Waals surface area (Å²) >= 11 is 5.47. The van der Waals surface area contributed by atoms with Gasteiger partial charge in [-0.3, -0.25) is 9.36 Å². The van der Waals surface area contributed by atoms with Gasteiger partial charge in [-0.1, -0.05) is 0 Å². The van der Waals surface area contributed by atoms with Crippen LogP contribution in [-0.4, -0.2) is 20.6 Å². The Morgan fingerprint density at radius 1 is 1.43 bits per heavy atom. The van der Waals surface area contributed by atoms with Gasteiger partial charge in [-0.2, -0.15) is 12.6 Å². The molecule has 0 saturated carbocycles. The molecule has 0 fully saturated rings. The minimum Gasteiger partial charge on any atom is -0.302 e. The maximum Gasteiger partial charge on any atom is 0.330 e. The maximum atomic E-state index is 11.6. The Morgan fingerprint density at radius 3 is 2.64 bits per heavy atom. The third kappa shape index (κ3) is 2.24. The molecule has 0 saturated heterocycles. The highest BCUT2D eigenvalue weighted by Crippen LogP contribution is 2.11. The van der Waals surface area contributed by atoms with Crippen LogP contribution >= 0.6 is 24.4 Å². The van der Waals surface area contributed by atoms with Gasteiger partial charge in [0.2, 0.25) is 0 Å². The zero-order chi connectivity index (χ0) is 10.7. The van der Waals surface area contributed by atoms with Crippen LogP contribution in [0.3, 0.4) is 0 Å². The molecule has 1 aromatic heterocycles. The summed E-state index contributed by atoms with van der Waals surface area (Å²) in [5.41, 5.74) is -0.537. The molecule has 0 amide bonds. The number of thiol groups is 1. The molecular formula is C8H12N2O2S2. The predicted molar refractivity (Wildman–Crippen MR) is 61.5 cm³/mol. The third-order valence-corrected chi connectivity index (χ3v) is 3.29. The highest BCUT2D eigenvalue weighted by Gasteiger charge is 2.06. The summed E-state index contributed by atoms with van der Waals surface area (Å²) in [6.45, 7) is 0. The number of aryl methyl sites for hydroxylation is 1. The van der Waals surface area contributed by atoms with Crippen LogP contribution in [-0.2, 0) is 14.1 Å². The SMILES string of the molecule is Cn1cc(SCCS)c(=O)n(C)c1=O. The van der Waals surface area contributed by atoms with E-state index in [0.29, 0.717) is 10.6 Å². The molecule has 0 aromatic carbocycles. The van der Waals surface area contributed by atoms with E-state index in [1.54, 1.807) is 13.2 Å². The van der Waals surface area contributed by atoms with Gasteiger partial charge in [0.1, 0.15) is 0 Å². The van der Waals surface area contributed by atoms with E-state index in [-0.39, 0.29) is 11.2 Å². The number of hydrogen-bond donors (Lipinski definition) is 1. The van der Waals surface area contributed by atoms with E-state index in [9.17, 15) is 9.59 Å². The molecule has 0 aliphatic heterocycles. The molecule has 4 nitrogen and oxygen atoms in total. The molecule has 0 atom stereocenters. The lowest BCUT2D eigenvalue weighted by Crippen LogP contribution is -2.37. The van der Waals surface area contributed by atoms with Crippen molar-refractivity contribution in [2.75, 3.05) is 11.5 Å². The zero-order valence-corrected chi connectivity index (χ0v) is 9.77. The summed E-state index contributed by atoms with van der Waals surface area (Å²) in [4.78, 5) is 23.5. The van der Waals surface area contributed by atoms with Crippen LogP contribution in [0.25, 0.3) is 0 Å². The fourth-order valence-corrected chi connectivity index (χ4v) is 2.11. The van der Waals surface area contributed by atoms with Crippen molar-refractivity contribution in [2.24, 2.45) is 14.1 Å². The highest BCUT2D eigenvalue weighted by molar-refractivity contribution is 8.00. The van der Waals surface area contributed by atoms with Crippen molar-refractivity contribution >= 4 is 24.4 Å². The van der Waals surface area contributed by atoms with Gasteiger partial charge in [0.05, 0.1) is 4.90 Å². The van der Waals surface area contributed by atoms with Gasteiger partial charge in [-0.05, 0) is 5.75 Å². The van der Waals surface area contributed by atoms with Crippen LogP contribution in [0.1, 0.15) is 0 Å². The zero-order valence-electron chi connectivity index (χ0n) is 8.06. The first-order chi connectivity index (χ1) is 6.57. The lowest BCUT2D eigenvalue weighted by atomic mass is 10.6. The molecule has 1 aromatic rings. The second-order valence-electron chi connectivity index (χ2n) is 2.82. The van der Waals surface area contributed by atoms with E-state index >= 15 is 0 Å². The van der Waals surface area contributed by atoms with Crippen LogP contribution in [0.2, 0.25) is 0 Å². The monoisotopic (exact) mass is 232 g/mol. The first-order valence-corrected chi connectivity index (χ1v) is 5.70. The average molecular weight is 232 g/mol. The smallest absolute Gasteiger partial charge is 0.302 e. The first-order valence-electron chi connectivity index (χ1n) is 4.08. The minimum atomic E-state index is -0.301. The second-order valence-corrected chi connectivity index (χ2v) is 4.41. The van der Waals surface area contributed by atoms with Crippen molar-refractivity contribution in [1.29, 1.82) is 0 Å². The fourth-order valence-electron chi connectivity index (χ4n) is 1.03. The molecule has 14 heavy (non-hydrogen) atoms. The molecule has 0 N–H and O–H groups in total. The Bertz CT molecular complexity index is 436. The van der Waals surface area contributed by atoms with E-state index in [4.69, 9.17) is 0 Å². The van der Waals surface area contributed by atoms with E-state index in [2.05, 4.69) is 12.6 Å². The number of rotatable bonds is 3. The second kappa shape index (κ2) is 4.75. The van der Waals surface area contributed by atoms with Gasteiger partial charge in [-0.15, -0.1) is 11.8 Å². The van der Waals surface area contributed by atoms with Crippen LogP contribution in [0.15, 0.2) is 20.7 Å². The molecule has 0 unspecified atom stereocenters. The molecule has 0 radical (unpaired) electrons. The van der Waals surface area contributed by atoms with Crippen LogP contribution < -0.4 is 11.2 Å². The number of thioether (sulfide) groups is 1. The van der Waals surface area contributed by atoms with Crippen LogP contribution in [0.5, 0.6) is 0 Å². The molecule has 1 rings (SSSR count). The molecule has 0 spiro atoms. The molecule has 6 heteroatoms. The molecule has 0 aliphatic rings. The summed E-state index contributed by atoms with van der Waals surface area (Å²) in [6, 6.07) is 0. The summed E-state index contributed by atoms with van der Waals surface area (Å²) in [6.07, 6.45) is 1.57. The van der Waals surface area contributed by atoms with Crippen molar-refractivity contribution in [3.63, 3.8) is 0 Å². The van der Waals surface area contributed by atoms with Gasteiger partial charge in [0.25, 0.3) is 5.56 Å². The lowest BCUT2D eigenvalue weighted by Gasteiger charge is -2.05. The Kier molecular flexibility index (Phi) is 3.88. The third-order valence-electron chi connectivity index (χ3n) is 1.76. The van der Waals surface area contributed by atoms with Crippen molar-refractivity contribution < 1.29 is 0 Å². The topological polar surface area (TPSA) is 44.0 Å². The van der Waals surface area contributed by atoms with E-state index in [0.717, 1.165) is 10.3 Å². The molecular weight excluding hydrogens is 220 g/mol. The van der Waals surface area contributed by atoms with Crippen LogP contribution in [0.4, 0.5) is 0 Å². The van der Waals surface area contributed by atoms with E-state index < -0.39 is 0 Å². The van der Waals surface area contributed by atoms with E-state index in [1.807, 2.05) is 0 Å². The lowest BCUT2D eigenvalue weighted by molar-refractivity contribution is 0.662. The predicted octanol–water partition coefficient (Wildman–Crippen LogP) is 0.106. The normalized spacial score (nSPS) is 10.5. The summed E-state index contributed by atoms with van der Waals surface area (Å²) < 4.78 is 2.52. The molecule has 0 aliphatic carbocycles. The Balaban J connectivity index is 3.20. The van der Waals surface area contributed by atoms with Gasteiger partial charge < -0.3 is 4.57 Å².